The molecule has 168 valence electrons. The number of carbonyl (C=O) groups excluding carboxylic acids is 1. The van der Waals surface area contributed by atoms with Gasteiger partial charge in [0.05, 0.1) is 23.8 Å². The maximum atomic E-state index is 12.9. The summed E-state index contributed by atoms with van der Waals surface area (Å²) in [5, 5.41) is 2.92. The highest BCUT2D eigenvalue weighted by atomic mass is 32.2. The van der Waals surface area contributed by atoms with Crippen molar-refractivity contribution < 1.29 is 17.9 Å². The zero-order chi connectivity index (χ0) is 22.3. The monoisotopic (exact) mass is 463 g/mol. The van der Waals surface area contributed by atoms with Gasteiger partial charge in [0.25, 0.3) is 15.9 Å². The Balaban J connectivity index is 1.54. The third kappa shape index (κ3) is 6.22. The summed E-state index contributed by atoms with van der Waals surface area (Å²) in [5.41, 5.74) is 1.00. The van der Waals surface area contributed by atoms with Crippen molar-refractivity contribution in [1.29, 1.82) is 0 Å². The smallest absolute Gasteiger partial charge is 0.264 e. The Morgan fingerprint density at radius 2 is 1.74 bits per heavy atom. The summed E-state index contributed by atoms with van der Waals surface area (Å²) in [6.07, 6.45) is 2.82. The number of nitrogens with one attached hydrogen (secondary N) is 1. The zero-order valence-corrected chi connectivity index (χ0v) is 19.5. The first-order valence-electron chi connectivity index (χ1n) is 10.2. The van der Waals surface area contributed by atoms with Crippen molar-refractivity contribution in [3.63, 3.8) is 0 Å². The highest BCUT2D eigenvalue weighted by Crippen LogP contribution is 2.24. The van der Waals surface area contributed by atoms with Crippen LogP contribution in [0.1, 0.15) is 16.8 Å². The summed E-state index contributed by atoms with van der Waals surface area (Å²) >= 11 is 1.56. The molecule has 1 fully saturated rings. The van der Waals surface area contributed by atoms with Gasteiger partial charge in [-0.05, 0) is 67.8 Å². The summed E-state index contributed by atoms with van der Waals surface area (Å²) in [4.78, 5) is 15.9. The Morgan fingerprint density at radius 3 is 2.35 bits per heavy atom. The number of carbonyl (C=O) groups is 1. The molecule has 7 nitrogen and oxygen atoms in total. The number of hydrogen-bond acceptors (Lipinski definition) is 6. The summed E-state index contributed by atoms with van der Waals surface area (Å²) in [6, 6.07) is 13.4. The number of rotatable bonds is 9. The van der Waals surface area contributed by atoms with Gasteiger partial charge in [-0.15, -0.1) is 11.8 Å². The van der Waals surface area contributed by atoms with Gasteiger partial charge in [-0.2, -0.15) is 0 Å². The van der Waals surface area contributed by atoms with Crippen LogP contribution in [0, 0.1) is 0 Å². The van der Waals surface area contributed by atoms with E-state index in [4.69, 9.17) is 4.74 Å². The Hall–Kier alpha value is -2.07. The average molecular weight is 464 g/mol. The van der Waals surface area contributed by atoms with E-state index >= 15 is 0 Å². The Labute approximate surface area is 188 Å². The van der Waals surface area contributed by atoms with Crippen molar-refractivity contribution >= 4 is 33.4 Å². The molecule has 0 aliphatic carbocycles. The van der Waals surface area contributed by atoms with Crippen LogP contribution < -0.4 is 9.62 Å². The fourth-order valence-electron chi connectivity index (χ4n) is 3.30. The van der Waals surface area contributed by atoms with E-state index in [1.54, 1.807) is 60.3 Å². The van der Waals surface area contributed by atoms with Gasteiger partial charge in [-0.25, -0.2) is 8.42 Å². The molecule has 1 amide bonds. The van der Waals surface area contributed by atoms with Crippen LogP contribution in [-0.2, 0) is 14.8 Å². The lowest BCUT2D eigenvalue weighted by Crippen LogP contribution is -2.38. The fourth-order valence-corrected chi connectivity index (χ4v) is 4.90. The van der Waals surface area contributed by atoms with Crippen molar-refractivity contribution in [1.82, 2.24) is 10.2 Å². The van der Waals surface area contributed by atoms with Crippen molar-refractivity contribution in [2.75, 3.05) is 57.0 Å². The maximum Gasteiger partial charge on any atom is 0.264 e. The quantitative estimate of drug-likeness (QED) is 0.455. The summed E-state index contributed by atoms with van der Waals surface area (Å²) in [5.74, 6) is -0.160. The van der Waals surface area contributed by atoms with Crippen LogP contribution in [0.2, 0.25) is 0 Å². The molecule has 1 saturated heterocycles. The van der Waals surface area contributed by atoms with Crippen molar-refractivity contribution in [2.24, 2.45) is 0 Å². The van der Waals surface area contributed by atoms with E-state index in [2.05, 4.69) is 10.2 Å². The number of morpholine rings is 1. The lowest BCUT2D eigenvalue weighted by Gasteiger charge is -2.26. The molecule has 0 saturated carbocycles. The van der Waals surface area contributed by atoms with Crippen LogP contribution in [0.15, 0.2) is 58.3 Å². The van der Waals surface area contributed by atoms with Gasteiger partial charge in [0.2, 0.25) is 0 Å². The van der Waals surface area contributed by atoms with Gasteiger partial charge in [0.15, 0.2) is 0 Å². The van der Waals surface area contributed by atoms with Crippen molar-refractivity contribution in [2.45, 2.75) is 16.2 Å². The minimum Gasteiger partial charge on any atom is -0.379 e. The highest BCUT2D eigenvalue weighted by molar-refractivity contribution is 7.98. The van der Waals surface area contributed by atoms with Crippen molar-refractivity contribution in [3.05, 3.63) is 54.1 Å². The van der Waals surface area contributed by atoms with Gasteiger partial charge in [-0.3, -0.25) is 14.0 Å². The second-order valence-electron chi connectivity index (χ2n) is 7.26. The molecule has 1 aliphatic rings. The molecule has 9 heteroatoms. The number of amides is 1. The van der Waals surface area contributed by atoms with Gasteiger partial charge in [-0.1, -0.05) is 0 Å². The number of ether oxygens (including phenoxy) is 1. The van der Waals surface area contributed by atoms with Crippen LogP contribution in [0.25, 0.3) is 0 Å². The molecule has 2 aromatic carbocycles. The third-order valence-corrected chi connectivity index (χ3v) is 7.79. The molecule has 2 aromatic rings. The second-order valence-corrected chi connectivity index (χ2v) is 10.1. The number of hydrogen-bond donors (Lipinski definition) is 1. The van der Waals surface area contributed by atoms with Gasteiger partial charge >= 0.3 is 0 Å². The molecule has 0 aromatic heterocycles. The number of anilines is 1. The SMILES string of the molecule is CSc1ccc(S(=O)(=O)N(C)c2ccc(C(=O)NCCCN3CCOCC3)cc2)cc1. The van der Waals surface area contributed by atoms with E-state index < -0.39 is 10.0 Å². The fraction of sp³-hybridized carbons (Fsp3) is 0.409. The van der Waals surface area contributed by atoms with E-state index in [-0.39, 0.29) is 10.8 Å². The molecule has 31 heavy (non-hydrogen) atoms. The number of sulfonamides is 1. The number of thioether (sulfide) groups is 1. The normalized spacial score (nSPS) is 14.9. The van der Waals surface area contributed by atoms with Crippen LogP contribution in [0.3, 0.4) is 0 Å². The van der Waals surface area contributed by atoms with E-state index in [1.807, 2.05) is 6.26 Å². The van der Waals surface area contributed by atoms with E-state index in [9.17, 15) is 13.2 Å². The summed E-state index contributed by atoms with van der Waals surface area (Å²) < 4.78 is 32.3. The lowest BCUT2D eigenvalue weighted by molar-refractivity contribution is 0.0374. The van der Waals surface area contributed by atoms with Crippen LogP contribution >= 0.6 is 11.8 Å². The van der Waals surface area contributed by atoms with Gasteiger partial charge < -0.3 is 10.1 Å². The third-order valence-electron chi connectivity index (χ3n) is 5.25. The van der Waals surface area contributed by atoms with E-state index in [1.165, 1.54) is 11.4 Å². The topological polar surface area (TPSA) is 79.0 Å². The zero-order valence-electron chi connectivity index (χ0n) is 17.9. The average Bonchev–Trinajstić information content (AvgIpc) is 2.82. The first-order chi connectivity index (χ1) is 14.9. The molecule has 1 aliphatic heterocycles. The van der Waals surface area contributed by atoms with Gasteiger partial charge in [0.1, 0.15) is 0 Å². The summed E-state index contributed by atoms with van der Waals surface area (Å²) in [6.45, 7) is 4.94. The van der Waals surface area contributed by atoms with Crippen LogP contribution in [0.5, 0.6) is 0 Å². The van der Waals surface area contributed by atoms with Crippen LogP contribution in [-0.4, -0.2) is 71.9 Å². The molecule has 1 N–H and O–H groups in total. The molecule has 1 heterocycles. The highest BCUT2D eigenvalue weighted by Gasteiger charge is 2.21. The first-order valence-corrected chi connectivity index (χ1v) is 12.9. The molecule has 0 spiro atoms. The predicted molar refractivity (Wildman–Crippen MR) is 124 cm³/mol. The van der Waals surface area contributed by atoms with Crippen LogP contribution in [0.4, 0.5) is 5.69 Å². The van der Waals surface area contributed by atoms with Gasteiger partial charge in [0, 0.05) is 37.1 Å². The van der Waals surface area contributed by atoms with E-state index in [0.717, 1.165) is 44.2 Å². The molecular weight excluding hydrogens is 434 g/mol. The Kier molecular flexibility index (Phi) is 8.36. The minimum absolute atomic E-state index is 0.160. The molecule has 0 bridgehead atoms. The predicted octanol–water partition coefficient (Wildman–Crippen LogP) is 2.69. The molecule has 0 atom stereocenters. The lowest BCUT2D eigenvalue weighted by atomic mass is 10.2. The molecule has 0 unspecified atom stereocenters. The standard InChI is InChI=1S/C22H29N3O4S2/c1-24(31(27,28)21-10-8-20(30-2)9-11-21)19-6-4-18(5-7-19)22(26)23-12-3-13-25-14-16-29-17-15-25/h4-11H,3,12-17H2,1-2H3,(H,23,26). The molecule has 0 radical (unpaired) electrons. The van der Waals surface area contributed by atoms with E-state index in [0.29, 0.717) is 17.8 Å². The second kappa shape index (κ2) is 11.0. The first kappa shape index (κ1) is 23.6. The molecule has 3 rings (SSSR count). The minimum atomic E-state index is -3.67. The van der Waals surface area contributed by atoms with Crippen molar-refractivity contribution in [3.8, 4) is 0 Å². The Morgan fingerprint density at radius 1 is 1.10 bits per heavy atom. The maximum absolute atomic E-state index is 12.9. The molecular formula is C22H29N3O4S2. The number of benzene rings is 2. The Bertz CT molecular complexity index is 957. The largest absolute Gasteiger partial charge is 0.379 e. The summed E-state index contributed by atoms with van der Waals surface area (Å²) in [7, 11) is -2.16. The number of nitrogens with zero attached hydrogens (tertiary/aromatic N) is 2.